The fraction of sp³-hybridized carbons (Fsp3) is 0.526. The van der Waals surface area contributed by atoms with E-state index in [1.54, 1.807) is 18.2 Å². The molecule has 4 N–H and O–H groups in total. The number of primary sulfonamides is 1. The highest BCUT2D eigenvalue weighted by molar-refractivity contribution is 7.88. The normalized spacial score (nSPS) is 14.0. The van der Waals surface area contributed by atoms with Crippen LogP contribution in [0.1, 0.15) is 50.3 Å². The van der Waals surface area contributed by atoms with E-state index in [4.69, 9.17) is 5.14 Å². The highest BCUT2D eigenvalue weighted by Crippen LogP contribution is 2.22. The van der Waals surface area contributed by atoms with Crippen molar-refractivity contribution in [1.82, 2.24) is 15.0 Å². The van der Waals surface area contributed by atoms with Crippen LogP contribution in [-0.2, 0) is 22.2 Å². The van der Waals surface area contributed by atoms with Gasteiger partial charge in [0, 0.05) is 6.42 Å². The monoisotopic (exact) mass is 425 g/mol. The first kappa shape index (κ1) is 23.1. The van der Waals surface area contributed by atoms with Gasteiger partial charge in [0.05, 0.1) is 12.6 Å². The topological polar surface area (TPSA) is 131 Å². The van der Waals surface area contributed by atoms with Crippen molar-refractivity contribution in [3.8, 4) is 0 Å². The third-order valence-electron chi connectivity index (χ3n) is 4.29. The predicted octanol–water partition coefficient (Wildman–Crippen LogP) is 1.96. The minimum atomic E-state index is -3.84. The number of aliphatic hydroxyl groups excluding tert-OH is 1. The minimum absolute atomic E-state index is 0.00182. The van der Waals surface area contributed by atoms with Crippen LogP contribution in [0.3, 0.4) is 0 Å². The van der Waals surface area contributed by atoms with Crippen LogP contribution in [0.25, 0.3) is 0 Å². The zero-order valence-electron chi connectivity index (χ0n) is 16.8. The molecule has 0 saturated carbocycles. The maximum absolute atomic E-state index is 14.1. The first-order chi connectivity index (χ1) is 13.6. The minimum Gasteiger partial charge on any atom is -0.394 e. The summed E-state index contributed by atoms with van der Waals surface area (Å²) >= 11 is 0. The summed E-state index contributed by atoms with van der Waals surface area (Å²) in [5, 5.41) is 17.8. The second-order valence-corrected chi connectivity index (χ2v) is 9.19. The molecule has 0 amide bonds. The number of anilines is 1. The van der Waals surface area contributed by atoms with Gasteiger partial charge in [-0.2, -0.15) is 9.97 Å². The molecular formula is C19H28FN5O3S. The van der Waals surface area contributed by atoms with Crippen LogP contribution in [0.2, 0.25) is 0 Å². The van der Waals surface area contributed by atoms with Gasteiger partial charge >= 0.3 is 0 Å². The first-order valence-electron chi connectivity index (χ1n) is 9.43. The molecule has 160 valence electrons. The zero-order valence-corrected chi connectivity index (χ0v) is 17.7. The van der Waals surface area contributed by atoms with E-state index >= 15 is 0 Å². The van der Waals surface area contributed by atoms with Gasteiger partial charge in [0.15, 0.2) is 5.82 Å². The first-order valence-corrected chi connectivity index (χ1v) is 11.1. The molecule has 1 aromatic carbocycles. The highest BCUT2D eigenvalue weighted by Gasteiger charge is 2.18. The van der Waals surface area contributed by atoms with E-state index in [0.29, 0.717) is 23.7 Å². The number of nitrogens with one attached hydrogen (secondary N) is 1. The number of rotatable bonds is 10. The largest absolute Gasteiger partial charge is 0.394 e. The van der Waals surface area contributed by atoms with Crippen molar-refractivity contribution in [2.24, 2.45) is 11.1 Å². The Morgan fingerprint density at radius 2 is 1.79 bits per heavy atom. The number of benzene rings is 1. The van der Waals surface area contributed by atoms with Gasteiger partial charge in [0.2, 0.25) is 16.0 Å². The van der Waals surface area contributed by atoms with E-state index in [2.05, 4.69) is 20.3 Å². The molecule has 0 spiro atoms. The highest BCUT2D eigenvalue weighted by atomic mass is 32.2. The van der Waals surface area contributed by atoms with Crippen LogP contribution in [0, 0.1) is 11.7 Å². The number of nitrogens with zero attached hydrogens (tertiary/aromatic N) is 3. The number of hydrogen-bond acceptors (Lipinski definition) is 7. The standard InChI is InChI=1S/C19H28FN5O3S/c1-12(2)8-14(10-26)22-19-24-17(23-18(25-19)11-29(21,27)28)9-13(3)15-6-4-5-7-16(15)20/h4-7,12-14,26H,8-11H2,1-3H3,(H2,21,27,28)(H,22,23,24,25)/t13-,14+/m0/s1. The molecule has 29 heavy (non-hydrogen) atoms. The van der Waals surface area contributed by atoms with E-state index in [1.165, 1.54) is 6.07 Å². The van der Waals surface area contributed by atoms with Crippen molar-refractivity contribution in [2.45, 2.75) is 51.3 Å². The maximum atomic E-state index is 14.1. The molecule has 2 rings (SSSR count). The van der Waals surface area contributed by atoms with Gasteiger partial charge < -0.3 is 10.4 Å². The van der Waals surface area contributed by atoms with Crippen molar-refractivity contribution in [3.05, 3.63) is 47.3 Å². The number of nitrogens with two attached hydrogens (primary N) is 1. The van der Waals surface area contributed by atoms with E-state index in [0.717, 1.165) is 0 Å². The van der Waals surface area contributed by atoms with Crippen molar-refractivity contribution in [3.63, 3.8) is 0 Å². The van der Waals surface area contributed by atoms with Gasteiger partial charge in [-0.1, -0.05) is 39.0 Å². The summed E-state index contributed by atoms with van der Waals surface area (Å²) in [4.78, 5) is 12.7. The van der Waals surface area contributed by atoms with Crippen molar-refractivity contribution in [2.75, 3.05) is 11.9 Å². The summed E-state index contributed by atoms with van der Waals surface area (Å²) in [6.07, 6.45) is 0.956. The number of hydrogen-bond donors (Lipinski definition) is 3. The Labute approximate surface area is 170 Å². The lowest BCUT2D eigenvalue weighted by atomic mass is 9.97. The Balaban J connectivity index is 2.32. The average molecular weight is 426 g/mol. The van der Waals surface area contributed by atoms with E-state index in [-0.39, 0.29) is 42.6 Å². The van der Waals surface area contributed by atoms with E-state index < -0.39 is 15.8 Å². The lowest BCUT2D eigenvalue weighted by Gasteiger charge is -2.19. The number of halogens is 1. The number of aliphatic hydroxyl groups is 1. The molecule has 0 fully saturated rings. The van der Waals surface area contributed by atoms with Crippen LogP contribution in [0.4, 0.5) is 10.3 Å². The lowest BCUT2D eigenvalue weighted by molar-refractivity contribution is 0.259. The average Bonchev–Trinajstić information content (AvgIpc) is 2.59. The number of aromatic nitrogens is 3. The Morgan fingerprint density at radius 1 is 1.14 bits per heavy atom. The number of sulfonamides is 1. The molecule has 8 nitrogen and oxygen atoms in total. The summed E-state index contributed by atoms with van der Waals surface area (Å²) in [5.41, 5.74) is 0.517. The molecule has 0 radical (unpaired) electrons. The molecule has 10 heteroatoms. The molecule has 0 unspecified atom stereocenters. The molecule has 0 aliphatic rings. The zero-order chi connectivity index (χ0) is 21.6. The fourth-order valence-corrected chi connectivity index (χ4v) is 3.55. The molecule has 0 saturated heterocycles. The Hall–Kier alpha value is -2.17. The van der Waals surface area contributed by atoms with Crippen LogP contribution >= 0.6 is 0 Å². The Morgan fingerprint density at radius 3 is 2.38 bits per heavy atom. The predicted molar refractivity (Wildman–Crippen MR) is 109 cm³/mol. The molecule has 2 atom stereocenters. The van der Waals surface area contributed by atoms with Crippen LogP contribution in [0.5, 0.6) is 0 Å². The summed E-state index contributed by atoms with van der Waals surface area (Å²) in [6, 6.07) is 6.15. The molecule has 0 aliphatic carbocycles. The second-order valence-electron chi connectivity index (χ2n) is 7.58. The summed E-state index contributed by atoms with van der Waals surface area (Å²) in [6.45, 7) is 5.75. The lowest BCUT2D eigenvalue weighted by Crippen LogP contribution is -2.28. The van der Waals surface area contributed by atoms with Gasteiger partial charge in [-0.25, -0.2) is 22.9 Å². The van der Waals surface area contributed by atoms with Crippen molar-refractivity contribution >= 4 is 16.0 Å². The van der Waals surface area contributed by atoms with Gasteiger partial charge in [-0.3, -0.25) is 0 Å². The smallest absolute Gasteiger partial charge is 0.226 e. The Bertz CT molecular complexity index is 924. The third kappa shape index (κ3) is 7.64. The van der Waals surface area contributed by atoms with Gasteiger partial charge in [-0.05, 0) is 29.9 Å². The molecular weight excluding hydrogens is 397 g/mol. The molecule has 2 aromatic rings. The summed E-state index contributed by atoms with van der Waals surface area (Å²) in [7, 11) is -3.84. The van der Waals surface area contributed by atoms with Crippen LogP contribution in [0.15, 0.2) is 24.3 Å². The molecule has 1 heterocycles. The van der Waals surface area contributed by atoms with Gasteiger partial charge in [0.25, 0.3) is 0 Å². The second kappa shape index (κ2) is 10.0. The van der Waals surface area contributed by atoms with Crippen LogP contribution < -0.4 is 10.5 Å². The van der Waals surface area contributed by atoms with E-state index in [1.807, 2.05) is 20.8 Å². The van der Waals surface area contributed by atoms with Crippen molar-refractivity contribution < 1.29 is 17.9 Å². The SMILES string of the molecule is CC(C)C[C@H](CO)Nc1nc(C[C@H](C)c2ccccc2F)nc(CS(N)(=O)=O)n1. The van der Waals surface area contributed by atoms with Gasteiger partial charge in [-0.15, -0.1) is 0 Å². The van der Waals surface area contributed by atoms with Crippen LogP contribution in [-0.4, -0.2) is 41.1 Å². The van der Waals surface area contributed by atoms with E-state index in [9.17, 15) is 17.9 Å². The molecule has 0 aliphatic heterocycles. The third-order valence-corrected chi connectivity index (χ3v) is 4.95. The summed E-state index contributed by atoms with van der Waals surface area (Å²) < 4.78 is 37.1. The van der Waals surface area contributed by atoms with Crippen molar-refractivity contribution in [1.29, 1.82) is 0 Å². The molecule has 0 bridgehead atoms. The van der Waals surface area contributed by atoms with Gasteiger partial charge in [0.1, 0.15) is 17.4 Å². The maximum Gasteiger partial charge on any atom is 0.226 e. The Kier molecular flexibility index (Phi) is 8.00. The molecule has 1 aromatic heterocycles. The quantitative estimate of drug-likeness (QED) is 0.530. The fourth-order valence-electron chi connectivity index (χ4n) is 3.06. The summed E-state index contributed by atoms with van der Waals surface area (Å²) in [5.74, 6) is -0.299.